The largest absolute Gasteiger partial charge is 0.504 e. The first kappa shape index (κ1) is 11.5. The highest BCUT2D eigenvalue weighted by atomic mass is 17.2. The van der Waals surface area contributed by atoms with Gasteiger partial charge in [0, 0.05) is 6.07 Å². The standard InChI is InChI=1S/C10H11NO6/c1-3-15-11-16-8-5-6(10(13)14-2)4-7(12)9(8)17-11/h4-5,12H,3H2,1-2H3. The van der Waals surface area contributed by atoms with E-state index in [0.29, 0.717) is 6.61 Å². The first-order valence-electron chi connectivity index (χ1n) is 4.90. The van der Waals surface area contributed by atoms with E-state index in [0.717, 1.165) is 5.39 Å². The highest BCUT2D eigenvalue weighted by Gasteiger charge is 2.29. The fourth-order valence-electron chi connectivity index (χ4n) is 1.31. The van der Waals surface area contributed by atoms with E-state index in [1.54, 1.807) is 6.92 Å². The lowest BCUT2D eigenvalue weighted by Gasteiger charge is -2.08. The minimum absolute atomic E-state index is 0.0890. The van der Waals surface area contributed by atoms with Gasteiger partial charge in [-0.25, -0.2) is 9.63 Å². The van der Waals surface area contributed by atoms with Gasteiger partial charge in [0.2, 0.25) is 11.5 Å². The minimum Gasteiger partial charge on any atom is -0.504 e. The van der Waals surface area contributed by atoms with E-state index < -0.39 is 5.97 Å². The molecule has 0 aromatic heterocycles. The van der Waals surface area contributed by atoms with Crippen LogP contribution in [-0.4, -0.2) is 30.2 Å². The van der Waals surface area contributed by atoms with Gasteiger partial charge in [0.05, 0.1) is 19.3 Å². The second-order valence-corrected chi connectivity index (χ2v) is 3.14. The average molecular weight is 241 g/mol. The van der Waals surface area contributed by atoms with Crippen molar-refractivity contribution in [3.63, 3.8) is 0 Å². The van der Waals surface area contributed by atoms with Gasteiger partial charge in [-0.3, -0.25) is 0 Å². The van der Waals surface area contributed by atoms with Crippen molar-refractivity contribution in [3.05, 3.63) is 17.7 Å². The molecule has 0 spiro atoms. The topological polar surface area (TPSA) is 77.5 Å². The summed E-state index contributed by atoms with van der Waals surface area (Å²) < 4.78 is 4.53. The van der Waals surface area contributed by atoms with E-state index in [4.69, 9.17) is 14.5 Å². The number of nitrogens with zero attached hydrogens (tertiary/aromatic N) is 1. The second-order valence-electron chi connectivity index (χ2n) is 3.14. The predicted molar refractivity (Wildman–Crippen MR) is 54.2 cm³/mol. The maximum atomic E-state index is 11.3. The zero-order chi connectivity index (χ0) is 12.4. The minimum atomic E-state index is -0.582. The van der Waals surface area contributed by atoms with E-state index in [1.807, 2.05) is 0 Å². The van der Waals surface area contributed by atoms with Crippen LogP contribution in [0.4, 0.5) is 0 Å². The van der Waals surface area contributed by atoms with Crippen LogP contribution in [0, 0.1) is 0 Å². The average Bonchev–Trinajstić information content (AvgIpc) is 2.71. The zero-order valence-electron chi connectivity index (χ0n) is 9.30. The molecule has 0 radical (unpaired) electrons. The number of benzene rings is 1. The van der Waals surface area contributed by atoms with Crippen LogP contribution in [0.1, 0.15) is 17.3 Å². The Balaban J connectivity index is 2.29. The number of carbonyl (C=O) groups excluding carboxylic acids is 1. The molecule has 1 heterocycles. The highest BCUT2D eigenvalue weighted by molar-refractivity contribution is 5.91. The maximum absolute atomic E-state index is 11.3. The lowest BCUT2D eigenvalue weighted by Crippen LogP contribution is -2.26. The molecule has 1 aliphatic rings. The molecule has 0 saturated carbocycles. The summed E-state index contributed by atoms with van der Waals surface area (Å²) in [5.74, 6) is -0.545. The first-order valence-corrected chi connectivity index (χ1v) is 4.90. The molecule has 0 aliphatic carbocycles. The van der Waals surface area contributed by atoms with Crippen LogP contribution in [-0.2, 0) is 9.57 Å². The third-order valence-corrected chi connectivity index (χ3v) is 2.03. The Bertz CT molecular complexity index is 447. The smallest absolute Gasteiger partial charge is 0.338 e. The van der Waals surface area contributed by atoms with E-state index in [9.17, 15) is 9.90 Å². The van der Waals surface area contributed by atoms with Gasteiger partial charge in [-0.15, -0.1) is 0 Å². The number of hydrogen-bond acceptors (Lipinski definition) is 7. The van der Waals surface area contributed by atoms with Crippen molar-refractivity contribution >= 4 is 5.97 Å². The Labute approximate surface area is 96.9 Å². The molecule has 1 aromatic carbocycles. The molecule has 0 atom stereocenters. The number of hydrogen-bond donors (Lipinski definition) is 1. The summed E-state index contributed by atoms with van der Waals surface area (Å²) in [4.78, 5) is 26.3. The van der Waals surface area contributed by atoms with E-state index >= 15 is 0 Å². The highest BCUT2D eigenvalue weighted by Crippen LogP contribution is 2.42. The molecule has 92 valence electrons. The van der Waals surface area contributed by atoms with Crippen LogP contribution in [0.3, 0.4) is 0 Å². The number of ether oxygens (including phenoxy) is 1. The first-order chi connectivity index (χ1) is 8.15. The van der Waals surface area contributed by atoms with Crippen molar-refractivity contribution in [3.8, 4) is 17.2 Å². The van der Waals surface area contributed by atoms with Gasteiger partial charge in [-0.2, -0.15) is 0 Å². The van der Waals surface area contributed by atoms with Gasteiger partial charge >= 0.3 is 5.97 Å². The number of rotatable bonds is 3. The molecule has 0 bridgehead atoms. The molecule has 7 heteroatoms. The molecule has 1 aromatic rings. The monoisotopic (exact) mass is 241 g/mol. The lowest BCUT2D eigenvalue weighted by atomic mass is 10.2. The fraction of sp³-hybridized carbons (Fsp3) is 0.300. The summed E-state index contributed by atoms with van der Waals surface area (Å²) in [7, 11) is 1.25. The number of fused-ring (bicyclic) bond motifs is 1. The number of esters is 1. The number of methoxy groups -OCH3 is 1. The van der Waals surface area contributed by atoms with Crippen molar-refractivity contribution in [2.24, 2.45) is 0 Å². The van der Waals surface area contributed by atoms with Crippen LogP contribution in [0.25, 0.3) is 0 Å². The van der Waals surface area contributed by atoms with Crippen LogP contribution >= 0.6 is 0 Å². The molecular formula is C10H11NO6. The molecule has 0 unspecified atom stereocenters. The fourth-order valence-corrected chi connectivity index (χ4v) is 1.31. The third kappa shape index (κ3) is 2.10. The Morgan fingerprint density at radius 2 is 2.24 bits per heavy atom. The molecule has 7 nitrogen and oxygen atoms in total. The molecule has 0 amide bonds. The van der Waals surface area contributed by atoms with Crippen LogP contribution in [0.15, 0.2) is 12.1 Å². The van der Waals surface area contributed by atoms with Gasteiger partial charge in [0.1, 0.15) is 0 Å². The zero-order valence-corrected chi connectivity index (χ0v) is 9.30. The number of phenolic OH excluding ortho intramolecular Hbond substituents is 1. The molecular weight excluding hydrogens is 230 g/mol. The Morgan fingerprint density at radius 3 is 2.88 bits per heavy atom. The van der Waals surface area contributed by atoms with Crippen molar-refractivity contribution in [2.75, 3.05) is 13.7 Å². The van der Waals surface area contributed by atoms with Gasteiger partial charge in [-0.05, 0) is 13.0 Å². The van der Waals surface area contributed by atoms with Crippen molar-refractivity contribution in [1.29, 1.82) is 0 Å². The van der Waals surface area contributed by atoms with Crippen LogP contribution in [0.2, 0.25) is 0 Å². The van der Waals surface area contributed by atoms with Crippen molar-refractivity contribution in [1.82, 2.24) is 5.39 Å². The Kier molecular flexibility index (Phi) is 3.03. The SMILES string of the molecule is CCON1Oc2cc(C(=O)OC)cc(O)c2O1. The Hall–Kier alpha value is -1.99. The third-order valence-electron chi connectivity index (χ3n) is 2.03. The van der Waals surface area contributed by atoms with E-state index in [2.05, 4.69) is 4.74 Å². The summed E-state index contributed by atoms with van der Waals surface area (Å²) in [5.41, 5.74) is 0.158. The number of carbonyl (C=O) groups is 1. The molecule has 0 fully saturated rings. The summed E-state index contributed by atoms with van der Waals surface area (Å²) in [5, 5.41) is 10.4. The molecule has 2 rings (SSSR count). The molecule has 1 aliphatic heterocycles. The number of aromatic hydroxyl groups is 1. The van der Waals surface area contributed by atoms with Crippen LogP contribution < -0.4 is 9.68 Å². The number of phenols is 1. The second kappa shape index (κ2) is 4.48. The normalized spacial score (nSPS) is 13.8. The summed E-state index contributed by atoms with van der Waals surface area (Å²) in [6.45, 7) is 2.08. The quantitative estimate of drug-likeness (QED) is 0.792. The van der Waals surface area contributed by atoms with Crippen molar-refractivity contribution in [2.45, 2.75) is 6.92 Å². The molecule has 1 N–H and O–H groups in total. The van der Waals surface area contributed by atoms with Gasteiger partial charge in [0.15, 0.2) is 11.1 Å². The summed E-state index contributed by atoms with van der Waals surface area (Å²) in [6, 6.07) is 2.61. The van der Waals surface area contributed by atoms with E-state index in [1.165, 1.54) is 19.2 Å². The molecule has 17 heavy (non-hydrogen) atoms. The summed E-state index contributed by atoms with van der Waals surface area (Å²) in [6.07, 6.45) is 0. The Morgan fingerprint density at radius 1 is 1.47 bits per heavy atom. The van der Waals surface area contributed by atoms with E-state index in [-0.39, 0.29) is 22.8 Å². The van der Waals surface area contributed by atoms with Crippen LogP contribution in [0.5, 0.6) is 17.2 Å². The predicted octanol–water partition coefficient (Wildman–Crippen LogP) is 1.03. The van der Waals surface area contributed by atoms with Gasteiger partial charge in [-0.1, -0.05) is 0 Å². The maximum Gasteiger partial charge on any atom is 0.338 e. The van der Waals surface area contributed by atoms with Gasteiger partial charge in [0.25, 0.3) is 0 Å². The molecule has 0 saturated heterocycles. The van der Waals surface area contributed by atoms with Gasteiger partial charge < -0.3 is 19.5 Å². The summed E-state index contributed by atoms with van der Waals surface area (Å²) >= 11 is 0. The lowest BCUT2D eigenvalue weighted by molar-refractivity contribution is -0.433. The van der Waals surface area contributed by atoms with Crippen molar-refractivity contribution < 1.29 is 29.2 Å².